The van der Waals surface area contributed by atoms with Gasteiger partial charge in [-0.25, -0.2) is 9.97 Å². The Morgan fingerprint density at radius 2 is 1.69 bits per heavy atom. The highest BCUT2D eigenvalue weighted by molar-refractivity contribution is 5.78. The zero-order valence-electron chi connectivity index (χ0n) is 17.1. The Labute approximate surface area is 183 Å². The Morgan fingerprint density at radius 3 is 2.41 bits per heavy atom. The predicted molar refractivity (Wildman–Crippen MR) is 113 cm³/mol. The van der Waals surface area contributed by atoms with E-state index in [9.17, 15) is 18.0 Å². The molecule has 0 N–H and O–H groups in total. The van der Waals surface area contributed by atoms with E-state index in [0.29, 0.717) is 26.2 Å². The largest absolute Gasteiger partial charge is 0.484 e. The summed E-state index contributed by atoms with van der Waals surface area (Å²) in [5.74, 6) is 0.530. The number of ether oxygens (including phenoxy) is 1. The summed E-state index contributed by atoms with van der Waals surface area (Å²) in [4.78, 5) is 24.9. The molecule has 2 aromatic carbocycles. The molecule has 0 atom stereocenters. The van der Waals surface area contributed by atoms with Crippen molar-refractivity contribution in [2.45, 2.75) is 6.18 Å². The number of piperazine rings is 1. The maximum Gasteiger partial charge on any atom is 0.416 e. The van der Waals surface area contributed by atoms with Gasteiger partial charge in [0.1, 0.15) is 17.9 Å². The molecule has 0 unspecified atom stereocenters. The normalized spacial score (nSPS) is 14.3. The van der Waals surface area contributed by atoms with Crippen LogP contribution in [0.1, 0.15) is 5.56 Å². The zero-order valence-corrected chi connectivity index (χ0v) is 17.1. The summed E-state index contributed by atoms with van der Waals surface area (Å²) in [6.07, 6.45) is -2.93. The monoisotopic (exact) mass is 442 g/mol. The molecule has 2 heterocycles. The maximum atomic E-state index is 12.8. The molecule has 1 fully saturated rings. The van der Waals surface area contributed by atoms with Gasteiger partial charge in [-0.2, -0.15) is 13.2 Å². The molecular weight excluding hydrogens is 421 g/mol. The molecule has 4 rings (SSSR count). The first-order valence-corrected chi connectivity index (χ1v) is 10.1. The lowest BCUT2D eigenvalue weighted by atomic mass is 10.1. The van der Waals surface area contributed by atoms with Crippen molar-refractivity contribution in [3.63, 3.8) is 0 Å². The van der Waals surface area contributed by atoms with Crippen LogP contribution in [0.3, 0.4) is 0 Å². The summed E-state index contributed by atoms with van der Waals surface area (Å²) in [6, 6.07) is 16.2. The molecule has 6 nitrogen and oxygen atoms in total. The number of amides is 1. The third-order valence-electron chi connectivity index (χ3n) is 5.20. The van der Waals surface area contributed by atoms with Gasteiger partial charge < -0.3 is 14.5 Å². The molecule has 166 valence electrons. The first kappa shape index (κ1) is 21.6. The summed E-state index contributed by atoms with van der Waals surface area (Å²) < 4.78 is 43.7. The average Bonchev–Trinajstić information content (AvgIpc) is 2.83. The summed E-state index contributed by atoms with van der Waals surface area (Å²) in [5.41, 5.74) is 1.01. The summed E-state index contributed by atoms with van der Waals surface area (Å²) in [6.45, 7) is 1.79. The molecule has 0 bridgehead atoms. The minimum atomic E-state index is -4.46. The van der Waals surface area contributed by atoms with Gasteiger partial charge in [-0.15, -0.1) is 0 Å². The van der Waals surface area contributed by atoms with Gasteiger partial charge in [-0.05, 0) is 18.2 Å². The van der Waals surface area contributed by atoms with E-state index in [4.69, 9.17) is 4.74 Å². The van der Waals surface area contributed by atoms with Crippen molar-refractivity contribution in [1.29, 1.82) is 0 Å². The van der Waals surface area contributed by atoms with Crippen molar-refractivity contribution < 1.29 is 22.7 Å². The highest BCUT2D eigenvalue weighted by atomic mass is 19.4. The fourth-order valence-electron chi connectivity index (χ4n) is 3.47. The van der Waals surface area contributed by atoms with E-state index >= 15 is 0 Å². The van der Waals surface area contributed by atoms with Crippen molar-refractivity contribution in [1.82, 2.24) is 14.9 Å². The highest BCUT2D eigenvalue weighted by Crippen LogP contribution is 2.31. The Balaban J connectivity index is 1.32. The van der Waals surface area contributed by atoms with Gasteiger partial charge in [-0.3, -0.25) is 4.79 Å². The number of carbonyl (C=O) groups excluding carboxylic acids is 1. The van der Waals surface area contributed by atoms with Crippen LogP contribution in [-0.4, -0.2) is 53.6 Å². The van der Waals surface area contributed by atoms with Crippen LogP contribution in [0.4, 0.5) is 19.0 Å². The minimum absolute atomic E-state index is 0.0150. The molecule has 0 radical (unpaired) electrons. The Kier molecular flexibility index (Phi) is 6.25. The van der Waals surface area contributed by atoms with E-state index in [1.807, 2.05) is 36.4 Å². The topological polar surface area (TPSA) is 58.6 Å². The third kappa shape index (κ3) is 5.16. The predicted octanol–water partition coefficient (Wildman–Crippen LogP) is 3.89. The smallest absolute Gasteiger partial charge is 0.416 e. The first-order valence-electron chi connectivity index (χ1n) is 10.1. The molecule has 3 aromatic rings. The highest BCUT2D eigenvalue weighted by Gasteiger charge is 2.30. The second-order valence-corrected chi connectivity index (χ2v) is 7.31. The van der Waals surface area contributed by atoms with Gasteiger partial charge in [0.15, 0.2) is 6.61 Å². The molecule has 0 spiro atoms. The van der Waals surface area contributed by atoms with Crippen molar-refractivity contribution in [3.8, 4) is 17.0 Å². The zero-order chi connectivity index (χ0) is 22.6. The molecule has 1 aliphatic rings. The lowest BCUT2D eigenvalue weighted by Gasteiger charge is -2.35. The standard InChI is InChI=1S/C23H21F3N4O2/c24-23(25,26)18-7-4-8-19(13-18)32-15-22(31)30-11-9-29(10-12-30)21-14-20(27-16-28-21)17-5-2-1-3-6-17/h1-8,13-14,16H,9-12,15H2. The molecule has 9 heteroatoms. The Bertz CT molecular complexity index is 1070. The molecule has 32 heavy (non-hydrogen) atoms. The number of hydrogen-bond acceptors (Lipinski definition) is 5. The van der Waals surface area contributed by atoms with Gasteiger partial charge in [-0.1, -0.05) is 36.4 Å². The van der Waals surface area contributed by atoms with Gasteiger partial charge in [0.25, 0.3) is 5.91 Å². The minimum Gasteiger partial charge on any atom is -0.484 e. The molecule has 1 saturated heterocycles. The van der Waals surface area contributed by atoms with E-state index in [1.165, 1.54) is 18.5 Å². The van der Waals surface area contributed by atoms with E-state index in [1.54, 1.807) is 4.90 Å². The summed E-state index contributed by atoms with van der Waals surface area (Å²) in [7, 11) is 0. The quantitative estimate of drug-likeness (QED) is 0.600. The number of halogens is 3. The molecular formula is C23H21F3N4O2. The molecule has 1 aromatic heterocycles. The summed E-state index contributed by atoms with van der Waals surface area (Å²) in [5, 5.41) is 0. The second kappa shape index (κ2) is 9.25. The molecule has 0 saturated carbocycles. The molecule has 1 aliphatic heterocycles. The van der Waals surface area contributed by atoms with E-state index in [2.05, 4.69) is 14.9 Å². The van der Waals surface area contributed by atoms with Gasteiger partial charge in [0, 0.05) is 37.8 Å². The lowest BCUT2D eigenvalue weighted by Crippen LogP contribution is -2.50. The number of anilines is 1. The number of rotatable bonds is 5. The summed E-state index contributed by atoms with van der Waals surface area (Å²) >= 11 is 0. The van der Waals surface area contributed by atoms with E-state index < -0.39 is 11.7 Å². The second-order valence-electron chi connectivity index (χ2n) is 7.31. The molecule has 0 aliphatic carbocycles. The van der Waals surface area contributed by atoms with Crippen molar-refractivity contribution in [3.05, 3.63) is 72.6 Å². The lowest BCUT2D eigenvalue weighted by molar-refractivity contribution is -0.137. The van der Waals surface area contributed by atoms with Crippen molar-refractivity contribution in [2.24, 2.45) is 0 Å². The maximum absolute atomic E-state index is 12.8. The van der Waals surface area contributed by atoms with E-state index in [-0.39, 0.29) is 18.3 Å². The van der Waals surface area contributed by atoms with Crippen molar-refractivity contribution >= 4 is 11.7 Å². The number of nitrogens with zero attached hydrogens (tertiary/aromatic N) is 4. The van der Waals surface area contributed by atoms with Crippen LogP contribution in [0.25, 0.3) is 11.3 Å². The number of alkyl halides is 3. The van der Waals surface area contributed by atoms with Crippen LogP contribution in [0.2, 0.25) is 0 Å². The fourth-order valence-corrected chi connectivity index (χ4v) is 3.47. The van der Waals surface area contributed by atoms with E-state index in [0.717, 1.165) is 29.2 Å². The fraction of sp³-hybridized carbons (Fsp3) is 0.261. The van der Waals surface area contributed by atoms with Crippen LogP contribution in [-0.2, 0) is 11.0 Å². The van der Waals surface area contributed by atoms with Crippen LogP contribution in [0.5, 0.6) is 5.75 Å². The Morgan fingerprint density at radius 1 is 0.938 bits per heavy atom. The average molecular weight is 442 g/mol. The van der Waals surface area contributed by atoms with Crippen LogP contribution >= 0.6 is 0 Å². The number of aromatic nitrogens is 2. The van der Waals surface area contributed by atoms with Crippen LogP contribution in [0.15, 0.2) is 67.0 Å². The SMILES string of the molecule is O=C(COc1cccc(C(F)(F)F)c1)N1CCN(c2cc(-c3ccccc3)ncn2)CC1. The van der Waals surface area contributed by atoms with Gasteiger partial charge in [0.2, 0.25) is 0 Å². The third-order valence-corrected chi connectivity index (χ3v) is 5.20. The van der Waals surface area contributed by atoms with Crippen LogP contribution < -0.4 is 9.64 Å². The number of hydrogen-bond donors (Lipinski definition) is 0. The van der Waals surface area contributed by atoms with Crippen molar-refractivity contribution in [2.75, 3.05) is 37.7 Å². The Hall–Kier alpha value is -3.62. The number of benzene rings is 2. The molecule has 1 amide bonds. The first-order chi connectivity index (χ1) is 15.4. The van der Waals surface area contributed by atoms with Gasteiger partial charge in [0.05, 0.1) is 11.3 Å². The number of carbonyl (C=O) groups is 1. The van der Waals surface area contributed by atoms with Crippen LogP contribution in [0, 0.1) is 0 Å². The van der Waals surface area contributed by atoms with Gasteiger partial charge >= 0.3 is 6.18 Å².